The van der Waals surface area contributed by atoms with Gasteiger partial charge in [-0.2, -0.15) is 4.31 Å². The number of sulfonamides is 1. The summed E-state index contributed by atoms with van der Waals surface area (Å²) >= 11 is 0. The van der Waals surface area contributed by atoms with Crippen molar-refractivity contribution >= 4 is 21.7 Å². The molecule has 0 spiro atoms. The van der Waals surface area contributed by atoms with Crippen LogP contribution >= 0.6 is 0 Å². The molecule has 1 aromatic heterocycles. The molecule has 33 heavy (non-hydrogen) atoms. The number of hydrogen-bond donors (Lipinski definition) is 1. The average molecular weight is 465 g/mol. The standard InChI is InChI=1S/C25H28N4O3S/c30-25(20-21-9-11-23(12-10-21)22-6-2-1-3-7-22)27-14-19-33(31,32)29-17-15-28(16-18-29)24-8-4-5-13-26-24/h1-13H,14-20H2,(H,27,30). The van der Waals surface area contributed by atoms with Gasteiger partial charge in [0.2, 0.25) is 15.9 Å². The van der Waals surface area contributed by atoms with Crippen LogP contribution in [0.2, 0.25) is 0 Å². The van der Waals surface area contributed by atoms with Crippen molar-refractivity contribution in [1.29, 1.82) is 0 Å². The minimum atomic E-state index is -3.42. The zero-order valence-corrected chi connectivity index (χ0v) is 19.2. The molecule has 0 unspecified atom stereocenters. The van der Waals surface area contributed by atoms with E-state index in [9.17, 15) is 13.2 Å². The Kier molecular flexibility index (Phi) is 7.36. The Morgan fingerprint density at radius 3 is 2.18 bits per heavy atom. The van der Waals surface area contributed by atoms with Gasteiger partial charge in [0.1, 0.15) is 5.82 Å². The lowest BCUT2D eigenvalue weighted by molar-refractivity contribution is -0.120. The van der Waals surface area contributed by atoms with Gasteiger partial charge in [-0.3, -0.25) is 4.79 Å². The molecule has 1 saturated heterocycles. The van der Waals surface area contributed by atoms with Crippen LogP contribution < -0.4 is 10.2 Å². The number of hydrogen-bond acceptors (Lipinski definition) is 5. The third-order valence-electron chi connectivity index (χ3n) is 5.71. The highest BCUT2D eigenvalue weighted by Crippen LogP contribution is 2.19. The van der Waals surface area contributed by atoms with Gasteiger partial charge in [-0.1, -0.05) is 60.7 Å². The third-order valence-corrected chi connectivity index (χ3v) is 7.59. The van der Waals surface area contributed by atoms with Crippen LogP contribution in [0.25, 0.3) is 11.1 Å². The van der Waals surface area contributed by atoms with Crippen LogP contribution in [0, 0.1) is 0 Å². The zero-order valence-electron chi connectivity index (χ0n) is 18.4. The summed E-state index contributed by atoms with van der Waals surface area (Å²) in [6, 6.07) is 23.6. The summed E-state index contributed by atoms with van der Waals surface area (Å²) in [5.74, 6) is 0.575. The molecule has 172 valence electrons. The molecule has 2 heterocycles. The minimum Gasteiger partial charge on any atom is -0.355 e. The maximum atomic E-state index is 12.7. The second-order valence-electron chi connectivity index (χ2n) is 7.98. The normalized spacial score (nSPS) is 14.7. The first-order chi connectivity index (χ1) is 16.0. The Morgan fingerprint density at radius 1 is 0.848 bits per heavy atom. The van der Waals surface area contributed by atoms with Crippen molar-refractivity contribution in [2.75, 3.05) is 43.4 Å². The fourth-order valence-corrected chi connectivity index (χ4v) is 5.22. The van der Waals surface area contributed by atoms with Crippen molar-refractivity contribution in [2.45, 2.75) is 6.42 Å². The summed E-state index contributed by atoms with van der Waals surface area (Å²) < 4.78 is 26.9. The van der Waals surface area contributed by atoms with E-state index in [1.165, 1.54) is 4.31 Å². The van der Waals surface area contributed by atoms with Crippen molar-refractivity contribution in [3.8, 4) is 11.1 Å². The Balaban J connectivity index is 1.21. The molecule has 1 amide bonds. The molecule has 0 aliphatic carbocycles. The van der Waals surface area contributed by atoms with Gasteiger partial charge < -0.3 is 10.2 Å². The van der Waals surface area contributed by atoms with E-state index in [4.69, 9.17) is 0 Å². The van der Waals surface area contributed by atoms with Gasteiger partial charge >= 0.3 is 0 Å². The highest BCUT2D eigenvalue weighted by atomic mass is 32.2. The number of benzene rings is 2. The highest BCUT2D eigenvalue weighted by Gasteiger charge is 2.27. The number of amides is 1. The number of rotatable bonds is 8. The Bertz CT molecular complexity index is 1150. The van der Waals surface area contributed by atoms with E-state index < -0.39 is 10.0 Å². The van der Waals surface area contributed by atoms with Crippen LogP contribution in [0.4, 0.5) is 5.82 Å². The third kappa shape index (κ3) is 6.18. The van der Waals surface area contributed by atoms with Crippen LogP contribution in [0.5, 0.6) is 0 Å². The van der Waals surface area contributed by atoms with Gasteiger partial charge in [-0.25, -0.2) is 13.4 Å². The van der Waals surface area contributed by atoms with Crippen molar-refractivity contribution in [3.05, 3.63) is 84.6 Å². The molecule has 0 bridgehead atoms. The number of carbonyl (C=O) groups excluding carboxylic acids is 1. The molecular formula is C25H28N4O3S. The number of nitrogens with zero attached hydrogens (tertiary/aromatic N) is 3. The van der Waals surface area contributed by atoms with Crippen LogP contribution in [-0.2, 0) is 21.2 Å². The monoisotopic (exact) mass is 464 g/mol. The number of aromatic nitrogens is 1. The Hall–Kier alpha value is -3.23. The first kappa shape index (κ1) is 22.9. The summed E-state index contributed by atoms with van der Waals surface area (Å²) in [7, 11) is -3.42. The Labute approximate surface area is 195 Å². The smallest absolute Gasteiger partial charge is 0.224 e. The van der Waals surface area contributed by atoms with Gasteiger partial charge in [0.05, 0.1) is 12.2 Å². The summed E-state index contributed by atoms with van der Waals surface area (Å²) in [5, 5.41) is 2.74. The number of carbonyl (C=O) groups is 1. The van der Waals surface area contributed by atoms with Crippen LogP contribution in [0.1, 0.15) is 5.56 Å². The van der Waals surface area contributed by atoms with E-state index in [0.717, 1.165) is 22.5 Å². The topological polar surface area (TPSA) is 82.6 Å². The fraction of sp³-hybridized carbons (Fsp3) is 0.280. The van der Waals surface area contributed by atoms with E-state index in [0.29, 0.717) is 26.2 Å². The number of pyridine rings is 1. The Morgan fingerprint density at radius 2 is 1.52 bits per heavy atom. The molecule has 0 radical (unpaired) electrons. The van der Waals surface area contributed by atoms with E-state index >= 15 is 0 Å². The lowest BCUT2D eigenvalue weighted by atomic mass is 10.0. The second kappa shape index (κ2) is 10.6. The molecule has 1 fully saturated rings. The first-order valence-corrected chi connectivity index (χ1v) is 12.7. The molecule has 1 aliphatic rings. The zero-order chi connectivity index (χ0) is 23.1. The second-order valence-corrected chi connectivity index (χ2v) is 10.1. The molecule has 8 heteroatoms. The van der Waals surface area contributed by atoms with Crippen LogP contribution in [0.3, 0.4) is 0 Å². The van der Waals surface area contributed by atoms with E-state index in [1.54, 1.807) is 6.20 Å². The molecule has 3 aromatic rings. The largest absolute Gasteiger partial charge is 0.355 e. The molecular weight excluding hydrogens is 436 g/mol. The first-order valence-electron chi connectivity index (χ1n) is 11.1. The molecule has 0 atom stereocenters. The number of piperazine rings is 1. The fourth-order valence-electron chi connectivity index (χ4n) is 3.88. The SMILES string of the molecule is O=C(Cc1ccc(-c2ccccc2)cc1)NCCS(=O)(=O)N1CCN(c2ccccn2)CC1. The van der Waals surface area contributed by atoms with Crippen molar-refractivity contribution in [2.24, 2.45) is 0 Å². The van der Waals surface area contributed by atoms with E-state index in [2.05, 4.69) is 15.2 Å². The summed E-state index contributed by atoms with van der Waals surface area (Å²) in [5.41, 5.74) is 3.11. The molecule has 4 rings (SSSR count). The van der Waals surface area contributed by atoms with Crippen molar-refractivity contribution < 1.29 is 13.2 Å². The van der Waals surface area contributed by atoms with E-state index in [1.807, 2.05) is 72.8 Å². The highest BCUT2D eigenvalue weighted by molar-refractivity contribution is 7.89. The van der Waals surface area contributed by atoms with Crippen molar-refractivity contribution in [1.82, 2.24) is 14.6 Å². The van der Waals surface area contributed by atoms with Crippen LogP contribution in [-0.4, -0.2) is 62.1 Å². The molecule has 2 aromatic carbocycles. The van der Waals surface area contributed by atoms with Gasteiger partial charge in [0.25, 0.3) is 0 Å². The quantitative estimate of drug-likeness (QED) is 0.554. The lowest BCUT2D eigenvalue weighted by Gasteiger charge is -2.34. The molecule has 1 N–H and O–H groups in total. The van der Waals surface area contributed by atoms with Gasteiger partial charge in [0, 0.05) is 38.9 Å². The van der Waals surface area contributed by atoms with Gasteiger partial charge in [-0.05, 0) is 28.8 Å². The van der Waals surface area contributed by atoms with Gasteiger partial charge in [0.15, 0.2) is 0 Å². The van der Waals surface area contributed by atoms with Gasteiger partial charge in [-0.15, -0.1) is 0 Å². The number of anilines is 1. The van der Waals surface area contributed by atoms with Crippen LogP contribution in [0.15, 0.2) is 79.0 Å². The maximum Gasteiger partial charge on any atom is 0.224 e. The summed E-state index contributed by atoms with van der Waals surface area (Å²) in [6.07, 6.45) is 1.96. The number of nitrogens with one attached hydrogen (secondary N) is 1. The average Bonchev–Trinajstić information content (AvgIpc) is 2.85. The lowest BCUT2D eigenvalue weighted by Crippen LogP contribution is -2.50. The predicted octanol–water partition coefficient (Wildman–Crippen LogP) is 2.56. The summed E-state index contributed by atoms with van der Waals surface area (Å²) in [4.78, 5) is 18.7. The summed E-state index contributed by atoms with van der Waals surface area (Å²) in [6.45, 7) is 2.13. The van der Waals surface area contributed by atoms with E-state index in [-0.39, 0.29) is 24.6 Å². The molecule has 1 aliphatic heterocycles. The predicted molar refractivity (Wildman–Crippen MR) is 130 cm³/mol. The molecule has 7 nitrogen and oxygen atoms in total. The minimum absolute atomic E-state index is 0.101. The van der Waals surface area contributed by atoms with Crippen molar-refractivity contribution in [3.63, 3.8) is 0 Å². The maximum absolute atomic E-state index is 12.7. The molecule has 0 saturated carbocycles.